The molecule has 0 atom stereocenters. The lowest BCUT2D eigenvalue weighted by atomic mass is 10.2. The van der Waals surface area contributed by atoms with E-state index >= 15 is 0 Å². The number of nitro groups is 1. The van der Waals surface area contributed by atoms with Crippen LogP contribution in [0.5, 0.6) is 0 Å². The summed E-state index contributed by atoms with van der Waals surface area (Å²) in [5.74, 6) is 0.624. The van der Waals surface area contributed by atoms with Gasteiger partial charge in [0, 0.05) is 23.2 Å². The number of hydrogen-bond acceptors (Lipinski definition) is 5. The summed E-state index contributed by atoms with van der Waals surface area (Å²) in [6.45, 7) is 2.02. The minimum atomic E-state index is -0.436. The molecule has 2 aromatic carbocycles. The van der Waals surface area contributed by atoms with Crippen LogP contribution >= 0.6 is 0 Å². The van der Waals surface area contributed by atoms with Gasteiger partial charge in [-0.1, -0.05) is 17.7 Å². The summed E-state index contributed by atoms with van der Waals surface area (Å²) in [6, 6.07) is 12.4. The molecule has 0 aliphatic carbocycles. The van der Waals surface area contributed by atoms with E-state index in [2.05, 4.69) is 15.3 Å². The number of hydrogen-bond donors (Lipinski definition) is 1. The van der Waals surface area contributed by atoms with Crippen molar-refractivity contribution < 1.29 is 4.92 Å². The molecule has 0 aliphatic rings. The first-order valence-electron chi connectivity index (χ1n) is 6.36. The van der Waals surface area contributed by atoms with Gasteiger partial charge >= 0.3 is 0 Å². The van der Waals surface area contributed by atoms with Gasteiger partial charge in [-0.15, -0.1) is 0 Å². The first kappa shape index (κ1) is 13.0. The molecule has 0 saturated heterocycles. The van der Waals surface area contributed by atoms with E-state index in [4.69, 9.17) is 0 Å². The van der Waals surface area contributed by atoms with Crippen LogP contribution in [0, 0.1) is 17.0 Å². The second-order valence-corrected chi connectivity index (χ2v) is 4.67. The molecule has 0 saturated carbocycles. The summed E-state index contributed by atoms with van der Waals surface area (Å²) >= 11 is 0. The molecule has 21 heavy (non-hydrogen) atoms. The van der Waals surface area contributed by atoms with Crippen molar-refractivity contribution in [1.29, 1.82) is 0 Å². The zero-order chi connectivity index (χ0) is 14.8. The third-order valence-corrected chi connectivity index (χ3v) is 3.15. The van der Waals surface area contributed by atoms with E-state index in [0.717, 1.165) is 11.1 Å². The van der Waals surface area contributed by atoms with Crippen molar-refractivity contribution in [3.8, 4) is 0 Å². The fourth-order valence-corrected chi connectivity index (χ4v) is 2.03. The average molecular weight is 280 g/mol. The van der Waals surface area contributed by atoms with Crippen molar-refractivity contribution in [3.63, 3.8) is 0 Å². The van der Waals surface area contributed by atoms with Crippen LogP contribution in [0.1, 0.15) is 5.56 Å². The fraction of sp³-hybridized carbons (Fsp3) is 0.0667. The Hall–Kier alpha value is -3.02. The van der Waals surface area contributed by atoms with Gasteiger partial charge in [0.05, 0.1) is 10.4 Å². The summed E-state index contributed by atoms with van der Waals surface area (Å²) in [4.78, 5) is 18.7. The van der Waals surface area contributed by atoms with Gasteiger partial charge in [-0.3, -0.25) is 10.1 Å². The molecule has 3 rings (SSSR count). The van der Waals surface area contributed by atoms with Crippen LogP contribution < -0.4 is 5.32 Å². The van der Waals surface area contributed by atoms with Crippen LogP contribution in [-0.4, -0.2) is 14.9 Å². The molecule has 6 nitrogen and oxygen atoms in total. The number of fused-ring (bicyclic) bond motifs is 1. The van der Waals surface area contributed by atoms with E-state index in [9.17, 15) is 10.1 Å². The number of benzene rings is 2. The lowest BCUT2D eigenvalue weighted by molar-refractivity contribution is -0.384. The predicted octanol–water partition coefficient (Wildman–Crippen LogP) is 3.59. The average Bonchev–Trinajstić information content (AvgIpc) is 2.49. The Morgan fingerprint density at radius 3 is 2.57 bits per heavy atom. The highest BCUT2D eigenvalue weighted by Gasteiger charge is 2.10. The van der Waals surface area contributed by atoms with Gasteiger partial charge in [-0.05, 0) is 25.1 Å². The van der Waals surface area contributed by atoms with Gasteiger partial charge in [0.1, 0.15) is 12.1 Å². The van der Waals surface area contributed by atoms with Crippen LogP contribution in [0.3, 0.4) is 0 Å². The molecule has 0 unspecified atom stereocenters. The van der Waals surface area contributed by atoms with Gasteiger partial charge < -0.3 is 5.32 Å². The van der Waals surface area contributed by atoms with E-state index in [1.54, 1.807) is 6.07 Å². The smallest absolute Gasteiger partial charge is 0.271 e. The second kappa shape index (κ2) is 5.16. The summed E-state index contributed by atoms with van der Waals surface area (Å²) in [6.07, 6.45) is 1.39. The minimum Gasteiger partial charge on any atom is -0.340 e. The molecule has 0 spiro atoms. The quantitative estimate of drug-likeness (QED) is 0.585. The van der Waals surface area contributed by atoms with Crippen LogP contribution in [0.15, 0.2) is 48.8 Å². The highest BCUT2D eigenvalue weighted by Crippen LogP contribution is 2.26. The van der Waals surface area contributed by atoms with Crippen LogP contribution in [0.2, 0.25) is 0 Å². The first-order chi connectivity index (χ1) is 10.1. The van der Waals surface area contributed by atoms with Crippen molar-refractivity contribution in [1.82, 2.24) is 9.97 Å². The summed E-state index contributed by atoms with van der Waals surface area (Å²) in [5, 5.41) is 14.7. The fourth-order valence-electron chi connectivity index (χ4n) is 2.03. The molecule has 6 heteroatoms. The molecular weight excluding hydrogens is 268 g/mol. The molecule has 0 bridgehead atoms. The van der Waals surface area contributed by atoms with Crippen LogP contribution in [0.4, 0.5) is 17.2 Å². The van der Waals surface area contributed by atoms with E-state index in [1.807, 2.05) is 31.2 Å². The number of nitrogens with one attached hydrogen (secondary N) is 1. The Balaban J connectivity index is 2.02. The maximum absolute atomic E-state index is 10.8. The highest BCUT2D eigenvalue weighted by atomic mass is 16.6. The normalized spacial score (nSPS) is 10.5. The van der Waals surface area contributed by atoms with E-state index in [-0.39, 0.29) is 5.69 Å². The number of aryl methyl sites for hydroxylation is 1. The predicted molar refractivity (Wildman–Crippen MR) is 80.7 cm³/mol. The minimum absolute atomic E-state index is 0.0162. The third kappa shape index (κ3) is 2.64. The van der Waals surface area contributed by atoms with Crippen molar-refractivity contribution in [2.75, 3.05) is 5.32 Å². The van der Waals surface area contributed by atoms with Crippen LogP contribution in [0.25, 0.3) is 10.9 Å². The second-order valence-electron chi connectivity index (χ2n) is 4.67. The molecule has 3 aromatic rings. The molecule has 104 valence electrons. The Morgan fingerprint density at radius 2 is 1.86 bits per heavy atom. The number of rotatable bonds is 3. The molecule has 0 aliphatic heterocycles. The molecule has 1 aromatic heterocycles. The Bertz CT molecular complexity index is 816. The molecular formula is C15H12N4O2. The SMILES string of the molecule is Cc1ccc(Nc2ncnc3cc([N+](=O)[O-])ccc23)cc1. The molecule has 0 fully saturated rings. The maximum atomic E-state index is 10.8. The zero-order valence-electron chi connectivity index (χ0n) is 11.3. The van der Waals surface area contributed by atoms with Gasteiger partial charge in [0.25, 0.3) is 5.69 Å². The van der Waals surface area contributed by atoms with Crippen molar-refractivity contribution in [2.45, 2.75) is 6.92 Å². The van der Waals surface area contributed by atoms with E-state index < -0.39 is 4.92 Å². The topological polar surface area (TPSA) is 81.0 Å². The standard InChI is InChI=1S/C15H12N4O2/c1-10-2-4-11(5-3-10)18-15-13-7-6-12(19(20)21)8-14(13)16-9-17-15/h2-9H,1H3,(H,16,17,18). The van der Waals surface area contributed by atoms with Gasteiger partial charge in [-0.25, -0.2) is 9.97 Å². The van der Waals surface area contributed by atoms with E-state index in [0.29, 0.717) is 11.3 Å². The number of non-ortho nitro benzene ring substituents is 1. The maximum Gasteiger partial charge on any atom is 0.271 e. The number of anilines is 2. The Morgan fingerprint density at radius 1 is 1.10 bits per heavy atom. The monoisotopic (exact) mass is 280 g/mol. The van der Waals surface area contributed by atoms with Gasteiger partial charge in [0.2, 0.25) is 0 Å². The number of aromatic nitrogens is 2. The van der Waals surface area contributed by atoms with Crippen molar-refractivity contribution in [3.05, 3.63) is 64.5 Å². The molecule has 1 N–H and O–H groups in total. The summed E-state index contributed by atoms with van der Waals surface area (Å²) in [5.41, 5.74) is 2.62. The lowest BCUT2D eigenvalue weighted by Gasteiger charge is -2.08. The molecule has 0 amide bonds. The Kier molecular flexibility index (Phi) is 3.19. The first-order valence-corrected chi connectivity index (χ1v) is 6.36. The molecule has 1 heterocycles. The van der Waals surface area contributed by atoms with Crippen molar-refractivity contribution >= 4 is 28.1 Å². The number of nitro benzene ring substituents is 1. The summed E-state index contributed by atoms with van der Waals surface area (Å²) < 4.78 is 0. The molecule has 0 radical (unpaired) electrons. The Labute approximate surface area is 120 Å². The van der Waals surface area contributed by atoms with Crippen LogP contribution in [-0.2, 0) is 0 Å². The summed E-state index contributed by atoms with van der Waals surface area (Å²) in [7, 11) is 0. The third-order valence-electron chi connectivity index (χ3n) is 3.15. The van der Waals surface area contributed by atoms with E-state index in [1.165, 1.54) is 24.0 Å². The largest absolute Gasteiger partial charge is 0.340 e. The number of nitrogens with zero attached hydrogens (tertiary/aromatic N) is 3. The highest BCUT2D eigenvalue weighted by molar-refractivity contribution is 5.91. The van der Waals surface area contributed by atoms with Crippen molar-refractivity contribution in [2.24, 2.45) is 0 Å². The lowest BCUT2D eigenvalue weighted by Crippen LogP contribution is -1.96. The zero-order valence-corrected chi connectivity index (χ0v) is 11.3. The van der Waals surface area contributed by atoms with Gasteiger partial charge in [0.15, 0.2) is 0 Å². The van der Waals surface area contributed by atoms with Gasteiger partial charge in [-0.2, -0.15) is 0 Å².